The summed E-state index contributed by atoms with van der Waals surface area (Å²) in [5.41, 5.74) is 1.13. The van der Waals surface area contributed by atoms with Crippen LogP contribution in [0.3, 0.4) is 0 Å². The first kappa shape index (κ1) is 23.2. The third-order valence-corrected chi connectivity index (χ3v) is 6.69. The first-order valence-electron chi connectivity index (χ1n) is 10.4. The van der Waals surface area contributed by atoms with Crippen molar-refractivity contribution in [3.63, 3.8) is 0 Å². The number of benzene rings is 2. The number of hydrogen-bond donors (Lipinski definition) is 1. The van der Waals surface area contributed by atoms with Crippen LogP contribution < -0.4 is 9.46 Å². The van der Waals surface area contributed by atoms with Crippen LogP contribution in [0, 0.1) is 5.92 Å². The summed E-state index contributed by atoms with van der Waals surface area (Å²) in [7, 11) is -2.40. The second kappa shape index (κ2) is 10.3. The molecule has 1 fully saturated rings. The molecule has 0 spiro atoms. The zero-order valence-corrected chi connectivity index (χ0v) is 19.0. The molecule has 1 amide bonds. The number of carbonyl (C=O) groups is 1. The summed E-state index contributed by atoms with van der Waals surface area (Å²) < 4.78 is 40.0. The predicted octanol–water partition coefficient (Wildman–Crippen LogP) is 3.23. The van der Waals surface area contributed by atoms with Crippen LogP contribution in [0.2, 0.25) is 0 Å². The number of ether oxygens (including phenoxy) is 2. The van der Waals surface area contributed by atoms with Crippen molar-refractivity contribution in [3.05, 3.63) is 59.7 Å². The molecule has 1 aliphatic heterocycles. The summed E-state index contributed by atoms with van der Waals surface area (Å²) in [6.45, 7) is 5.94. The van der Waals surface area contributed by atoms with E-state index in [2.05, 4.69) is 18.6 Å². The second-order valence-corrected chi connectivity index (χ2v) is 9.69. The third-order valence-electron chi connectivity index (χ3n) is 5.22. The van der Waals surface area contributed by atoms with Crippen molar-refractivity contribution in [1.82, 2.24) is 9.62 Å². The van der Waals surface area contributed by atoms with Gasteiger partial charge < -0.3 is 14.4 Å². The van der Waals surface area contributed by atoms with Crippen molar-refractivity contribution in [2.45, 2.75) is 31.2 Å². The number of nitrogens with one attached hydrogen (secondary N) is 1. The van der Waals surface area contributed by atoms with Crippen LogP contribution in [0.4, 0.5) is 0 Å². The Kier molecular flexibility index (Phi) is 7.69. The highest BCUT2D eigenvalue weighted by atomic mass is 32.2. The van der Waals surface area contributed by atoms with Crippen LogP contribution in [0.25, 0.3) is 0 Å². The highest BCUT2D eigenvalue weighted by Gasteiger charge is 2.27. The van der Waals surface area contributed by atoms with E-state index in [-0.39, 0.29) is 22.4 Å². The molecule has 1 N–H and O–H groups in total. The van der Waals surface area contributed by atoms with E-state index in [0.717, 1.165) is 5.56 Å². The third kappa shape index (κ3) is 5.84. The maximum atomic E-state index is 13.3. The standard InChI is InChI=1S/C23H30N2O5S/c1-17(2)15-21(18-7-5-4-6-8-18)24-31(27,28)19-9-10-22(29-3)20(16-19)23(26)25-11-13-30-14-12-25/h4-10,16-17,21,24H,11-15H2,1-3H3. The zero-order valence-electron chi connectivity index (χ0n) is 18.2. The smallest absolute Gasteiger partial charge is 0.257 e. The summed E-state index contributed by atoms with van der Waals surface area (Å²) in [5, 5.41) is 0. The topological polar surface area (TPSA) is 84.9 Å². The SMILES string of the molecule is COc1ccc(S(=O)(=O)NC(CC(C)C)c2ccccc2)cc1C(=O)N1CCOCC1. The van der Waals surface area contributed by atoms with Gasteiger partial charge >= 0.3 is 0 Å². The average molecular weight is 447 g/mol. The Morgan fingerprint density at radius 3 is 2.42 bits per heavy atom. The van der Waals surface area contributed by atoms with Crippen LogP contribution >= 0.6 is 0 Å². The molecule has 1 heterocycles. The summed E-state index contributed by atoms with van der Waals surface area (Å²) >= 11 is 0. The molecule has 1 atom stereocenters. The molecular weight excluding hydrogens is 416 g/mol. The lowest BCUT2D eigenvalue weighted by Gasteiger charge is -2.27. The van der Waals surface area contributed by atoms with Gasteiger partial charge in [-0.25, -0.2) is 13.1 Å². The zero-order chi connectivity index (χ0) is 22.4. The number of hydrogen-bond acceptors (Lipinski definition) is 5. The van der Waals surface area contributed by atoms with Crippen molar-refractivity contribution in [1.29, 1.82) is 0 Å². The van der Waals surface area contributed by atoms with Gasteiger partial charge in [0.15, 0.2) is 0 Å². The number of sulfonamides is 1. The lowest BCUT2D eigenvalue weighted by Crippen LogP contribution is -2.41. The molecule has 7 nitrogen and oxygen atoms in total. The summed E-state index contributed by atoms with van der Waals surface area (Å²) in [4.78, 5) is 14.7. The quantitative estimate of drug-likeness (QED) is 0.673. The van der Waals surface area contributed by atoms with Gasteiger partial charge in [0.25, 0.3) is 5.91 Å². The van der Waals surface area contributed by atoms with Crippen molar-refractivity contribution in [2.24, 2.45) is 5.92 Å². The molecule has 2 aromatic rings. The van der Waals surface area contributed by atoms with Gasteiger partial charge in [-0.05, 0) is 36.1 Å². The van der Waals surface area contributed by atoms with Crippen LogP contribution in [-0.2, 0) is 14.8 Å². The van der Waals surface area contributed by atoms with E-state index in [1.807, 2.05) is 30.3 Å². The Hall–Kier alpha value is -2.42. The first-order chi connectivity index (χ1) is 14.8. The molecule has 1 saturated heterocycles. The van der Waals surface area contributed by atoms with E-state index in [4.69, 9.17) is 9.47 Å². The molecule has 0 aliphatic carbocycles. The van der Waals surface area contributed by atoms with Crippen molar-refractivity contribution in [2.75, 3.05) is 33.4 Å². The molecule has 3 rings (SSSR count). The largest absolute Gasteiger partial charge is 0.496 e. The van der Waals surface area contributed by atoms with E-state index in [1.54, 1.807) is 4.90 Å². The molecule has 168 valence electrons. The first-order valence-corrected chi connectivity index (χ1v) is 11.9. The molecule has 31 heavy (non-hydrogen) atoms. The lowest BCUT2D eigenvalue weighted by atomic mass is 9.98. The Labute approximate surface area is 184 Å². The number of rotatable bonds is 8. The van der Waals surface area contributed by atoms with Crippen molar-refractivity contribution >= 4 is 15.9 Å². The van der Waals surface area contributed by atoms with Crippen molar-refractivity contribution < 1.29 is 22.7 Å². The maximum Gasteiger partial charge on any atom is 0.257 e. The van der Waals surface area contributed by atoms with Gasteiger partial charge in [-0.2, -0.15) is 0 Å². The summed E-state index contributed by atoms with van der Waals surface area (Å²) in [6.07, 6.45) is 0.652. The van der Waals surface area contributed by atoms with Gasteiger partial charge in [-0.15, -0.1) is 0 Å². The molecule has 8 heteroatoms. The predicted molar refractivity (Wildman–Crippen MR) is 119 cm³/mol. The number of nitrogens with zero attached hydrogens (tertiary/aromatic N) is 1. The Morgan fingerprint density at radius 2 is 1.81 bits per heavy atom. The highest BCUT2D eigenvalue weighted by Crippen LogP contribution is 2.27. The van der Waals surface area contributed by atoms with E-state index in [9.17, 15) is 13.2 Å². The van der Waals surface area contributed by atoms with Crippen LogP contribution in [0.1, 0.15) is 42.2 Å². The molecule has 1 aliphatic rings. The number of amides is 1. The van der Waals surface area contributed by atoms with Gasteiger partial charge in [0, 0.05) is 19.1 Å². The van der Waals surface area contributed by atoms with Gasteiger partial charge in [-0.1, -0.05) is 44.2 Å². The fourth-order valence-corrected chi connectivity index (χ4v) is 4.89. The molecule has 1 unspecified atom stereocenters. The average Bonchev–Trinajstić information content (AvgIpc) is 2.78. The molecule has 0 aromatic heterocycles. The number of carbonyl (C=O) groups excluding carboxylic acids is 1. The highest BCUT2D eigenvalue weighted by molar-refractivity contribution is 7.89. The molecule has 0 radical (unpaired) electrons. The number of methoxy groups -OCH3 is 1. The minimum atomic E-state index is -3.87. The van der Waals surface area contributed by atoms with Crippen molar-refractivity contribution in [3.8, 4) is 5.75 Å². The molecule has 0 bridgehead atoms. The maximum absolute atomic E-state index is 13.3. The Morgan fingerprint density at radius 1 is 1.13 bits per heavy atom. The summed E-state index contributed by atoms with van der Waals surface area (Å²) in [5.74, 6) is 0.374. The van der Waals surface area contributed by atoms with Crippen LogP contribution in [0.15, 0.2) is 53.4 Å². The molecule has 0 saturated carbocycles. The minimum Gasteiger partial charge on any atom is -0.496 e. The van der Waals surface area contributed by atoms with Gasteiger partial charge in [0.2, 0.25) is 10.0 Å². The normalized spacial score (nSPS) is 15.7. The fraction of sp³-hybridized carbons (Fsp3) is 0.435. The van der Waals surface area contributed by atoms with Gasteiger partial charge in [0.1, 0.15) is 5.75 Å². The Balaban J connectivity index is 1.91. The van der Waals surface area contributed by atoms with E-state index in [1.165, 1.54) is 25.3 Å². The van der Waals surface area contributed by atoms with E-state index < -0.39 is 10.0 Å². The van der Waals surface area contributed by atoms with Crippen LogP contribution in [-0.4, -0.2) is 52.6 Å². The van der Waals surface area contributed by atoms with E-state index in [0.29, 0.717) is 44.4 Å². The van der Waals surface area contributed by atoms with Crippen LogP contribution in [0.5, 0.6) is 5.75 Å². The molecular formula is C23H30N2O5S. The minimum absolute atomic E-state index is 0.0367. The lowest BCUT2D eigenvalue weighted by molar-refractivity contribution is 0.0300. The monoisotopic (exact) mass is 446 g/mol. The number of morpholine rings is 1. The van der Waals surface area contributed by atoms with Gasteiger partial charge in [-0.3, -0.25) is 4.79 Å². The fourth-order valence-electron chi connectivity index (χ4n) is 3.62. The van der Waals surface area contributed by atoms with Gasteiger partial charge in [0.05, 0.1) is 30.8 Å². The second-order valence-electron chi connectivity index (χ2n) is 7.98. The Bertz CT molecular complexity index is 986. The van der Waals surface area contributed by atoms with E-state index >= 15 is 0 Å². The molecule has 2 aromatic carbocycles. The summed E-state index contributed by atoms with van der Waals surface area (Å²) in [6, 6.07) is 13.5.